The topological polar surface area (TPSA) is 87.1 Å². The van der Waals surface area contributed by atoms with Crippen molar-refractivity contribution in [2.45, 2.75) is 45.1 Å². The molecule has 1 N–H and O–H groups in total. The minimum absolute atomic E-state index is 0.0349. The van der Waals surface area contributed by atoms with Gasteiger partial charge in [-0.2, -0.15) is 5.10 Å². The highest BCUT2D eigenvalue weighted by Gasteiger charge is 2.39. The number of amides is 3. The first-order valence-corrected chi connectivity index (χ1v) is 10.9. The fraction of sp³-hybridized carbons (Fsp3) is 0.391. The summed E-state index contributed by atoms with van der Waals surface area (Å²) < 4.78 is 40.7. The number of hydrogen-bond donors (Lipinski definition) is 1. The van der Waals surface area contributed by atoms with Crippen molar-refractivity contribution in [3.63, 3.8) is 0 Å². The van der Waals surface area contributed by atoms with E-state index < -0.39 is 24.3 Å². The molecule has 1 saturated heterocycles. The maximum Gasteiger partial charge on any atom is 0.574 e. The summed E-state index contributed by atoms with van der Waals surface area (Å²) in [6.07, 6.45) is -2.38. The van der Waals surface area contributed by atoms with Gasteiger partial charge in [0.25, 0.3) is 0 Å². The van der Waals surface area contributed by atoms with Crippen LogP contribution in [0.3, 0.4) is 0 Å². The summed E-state index contributed by atoms with van der Waals surface area (Å²) in [5.41, 5.74) is 3.06. The minimum atomic E-state index is -4.83. The average Bonchev–Trinajstić information content (AvgIpc) is 3.40. The van der Waals surface area contributed by atoms with Crippen LogP contribution in [0.5, 0.6) is 5.88 Å². The molecule has 0 bridgehead atoms. The Labute approximate surface area is 194 Å². The number of carbonyl (C=O) groups excluding carboxylic acids is 2. The number of hydrogen-bond acceptors (Lipinski definition) is 5. The van der Waals surface area contributed by atoms with E-state index in [1.807, 2.05) is 31.2 Å². The third kappa shape index (κ3) is 5.29. The number of carbonyl (C=O) groups is 2. The van der Waals surface area contributed by atoms with Crippen molar-refractivity contribution in [1.82, 2.24) is 20.2 Å². The summed E-state index contributed by atoms with van der Waals surface area (Å²) >= 11 is 0. The van der Waals surface area contributed by atoms with Crippen LogP contribution >= 0.6 is 0 Å². The van der Waals surface area contributed by atoms with Crippen molar-refractivity contribution in [1.29, 1.82) is 0 Å². The number of urea groups is 1. The number of pyridine rings is 1. The van der Waals surface area contributed by atoms with Crippen molar-refractivity contribution >= 4 is 17.6 Å². The second-order valence-electron chi connectivity index (χ2n) is 8.29. The van der Waals surface area contributed by atoms with Crippen LogP contribution < -0.4 is 10.1 Å². The maximum absolute atomic E-state index is 13.0. The first kappa shape index (κ1) is 23.5. The predicted molar refractivity (Wildman–Crippen MR) is 117 cm³/mol. The van der Waals surface area contributed by atoms with Crippen molar-refractivity contribution in [2.75, 3.05) is 13.1 Å². The fourth-order valence-electron chi connectivity index (χ4n) is 4.01. The normalized spacial score (nSPS) is 19.3. The average molecular weight is 475 g/mol. The van der Waals surface area contributed by atoms with E-state index in [1.165, 1.54) is 17.3 Å². The van der Waals surface area contributed by atoms with Crippen LogP contribution in [0.15, 0.2) is 47.7 Å². The summed E-state index contributed by atoms with van der Waals surface area (Å²) in [5.74, 6) is -0.549. The third-order valence-corrected chi connectivity index (χ3v) is 5.78. The van der Waals surface area contributed by atoms with Gasteiger partial charge in [0.15, 0.2) is 0 Å². The molecule has 1 aromatic carbocycles. The van der Waals surface area contributed by atoms with Gasteiger partial charge in [0.05, 0.1) is 24.3 Å². The lowest BCUT2D eigenvalue weighted by molar-refractivity contribution is -0.276. The Balaban J connectivity index is 1.48. The summed E-state index contributed by atoms with van der Waals surface area (Å²) in [6, 6.07) is 8.84. The molecule has 0 unspecified atom stereocenters. The number of ether oxygens (including phenoxy) is 1. The van der Waals surface area contributed by atoms with Gasteiger partial charge in [-0.05, 0) is 31.4 Å². The SMILES string of the molecule is Cc1ccc(C2=NN(C(=O)N[C@H](C)c3ccc(OC(F)(F)F)nc3)C[C@H]2N2CCCC2=O)cc1. The van der Waals surface area contributed by atoms with E-state index in [0.717, 1.165) is 23.6 Å². The van der Waals surface area contributed by atoms with Crippen LogP contribution in [0.25, 0.3) is 0 Å². The number of nitrogens with one attached hydrogen (secondary N) is 1. The van der Waals surface area contributed by atoms with Crippen molar-refractivity contribution in [3.8, 4) is 5.88 Å². The molecule has 11 heteroatoms. The van der Waals surface area contributed by atoms with E-state index in [4.69, 9.17) is 0 Å². The highest BCUT2D eigenvalue weighted by atomic mass is 19.4. The van der Waals surface area contributed by atoms with Crippen LogP contribution in [0.2, 0.25) is 0 Å². The second kappa shape index (κ2) is 9.32. The first-order valence-electron chi connectivity index (χ1n) is 10.9. The van der Waals surface area contributed by atoms with Crippen molar-refractivity contribution in [2.24, 2.45) is 5.10 Å². The number of aromatic nitrogens is 1. The molecule has 3 heterocycles. The van der Waals surface area contributed by atoms with Crippen LogP contribution in [0, 0.1) is 6.92 Å². The number of benzene rings is 1. The first-order chi connectivity index (χ1) is 16.1. The molecule has 180 valence electrons. The Morgan fingerprint density at radius 2 is 1.94 bits per heavy atom. The van der Waals surface area contributed by atoms with Gasteiger partial charge in [-0.15, -0.1) is 13.2 Å². The molecule has 8 nitrogen and oxygen atoms in total. The Morgan fingerprint density at radius 3 is 2.53 bits per heavy atom. The van der Waals surface area contributed by atoms with E-state index in [0.29, 0.717) is 24.2 Å². The van der Waals surface area contributed by atoms with E-state index in [9.17, 15) is 22.8 Å². The quantitative estimate of drug-likeness (QED) is 0.713. The molecule has 0 spiro atoms. The molecule has 2 aliphatic rings. The lowest BCUT2D eigenvalue weighted by Gasteiger charge is -2.25. The van der Waals surface area contributed by atoms with Gasteiger partial charge in [0, 0.05) is 25.2 Å². The maximum atomic E-state index is 13.0. The molecule has 0 radical (unpaired) electrons. The highest BCUT2D eigenvalue weighted by Crippen LogP contribution is 2.25. The van der Waals surface area contributed by atoms with Gasteiger partial charge in [-0.1, -0.05) is 35.9 Å². The van der Waals surface area contributed by atoms with Gasteiger partial charge >= 0.3 is 12.4 Å². The smallest absolute Gasteiger partial charge is 0.388 e. The Bertz CT molecular complexity index is 1090. The zero-order chi connectivity index (χ0) is 24.5. The summed E-state index contributed by atoms with van der Waals surface area (Å²) in [5, 5.41) is 8.60. The Hall–Kier alpha value is -3.63. The summed E-state index contributed by atoms with van der Waals surface area (Å²) in [6.45, 7) is 4.48. The fourth-order valence-corrected chi connectivity index (χ4v) is 4.01. The van der Waals surface area contributed by atoms with Crippen LogP contribution in [0.1, 0.15) is 42.5 Å². The zero-order valence-electron chi connectivity index (χ0n) is 18.7. The molecular formula is C23H24F3N5O3. The molecule has 2 aromatic rings. The Morgan fingerprint density at radius 1 is 1.21 bits per heavy atom. The molecule has 1 fully saturated rings. The van der Waals surface area contributed by atoms with Crippen molar-refractivity contribution in [3.05, 3.63) is 59.3 Å². The summed E-state index contributed by atoms with van der Waals surface area (Å²) in [4.78, 5) is 30.8. The van der Waals surface area contributed by atoms with Crippen molar-refractivity contribution < 1.29 is 27.5 Å². The lowest BCUT2D eigenvalue weighted by Crippen LogP contribution is -2.46. The number of halogens is 3. The van der Waals surface area contributed by atoms with Gasteiger partial charge in [0.2, 0.25) is 11.8 Å². The number of nitrogens with zero attached hydrogens (tertiary/aromatic N) is 4. The number of likely N-dealkylation sites (tertiary alicyclic amines) is 1. The standard InChI is InChI=1S/C23H24F3N5O3/c1-14-5-7-16(8-6-14)21-18(30-11-3-4-20(30)32)13-31(29-21)22(33)28-15(2)17-9-10-19(27-12-17)34-23(24,25)26/h5-10,12,15,18H,3-4,11,13H2,1-2H3,(H,28,33)/t15-,18-/m1/s1. The molecule has 4 rings (SSSR count). The minimum Gasteiger partial charge on any atom is -0.388 e. The van der Waals surface area contributed by atoms with Gasteiger partial charge in [-0.3, -0.25) is 4.79 Å². The third-order valence-electron chi connectivity index (χ3n) is 5.78. The molecule has 0 saturated carbocycles. The molecule has 34 heavy (non-hydrogen) atoms. The Kier molecular flexibility index (Phi) is 6.45. The highest BCUT2D eigenvalue weighted by molar-refractivity contribution is 6.08. The van der Waals surface area contributed by atoms with Gasteiger partial charge < -0.3 is 15.0 Å². The molecule has 2 atom stereocenters. The predicted octanol–water partition coefficient (Wildman–Crippen LogP) is 3.77. The molecule has 2 aliphatic heterocycles. The lowest BCUT2D eigenvalue weighted by atomic mass is 10.0. The number of aryl methyl sites for hydroxylation is 1. The van der Waals surface area contributed by atoms with Crippen LogP contribution in [-0.2, 0) is 4.79 Å². The summed E-state index contributed by atoms with van der Waals surface area (Å²) in [7, 11) is 0. The molecule has 0 aliphatic carbocycles. The molecule has 3 amide bonds. The van der Waals surface area contributed by atoms with Gasteiger partial charge in [-0.25, -0.2) is 14.8 Å². The van der Waals surface area contributed by atoms with E-state index in [-0.39, 0.29) is 18.5 Å². The number of rotatable bonds is 5. The monoisotopic (exact) mass is 475 g/mol. The number of alkyl halides is 3. The van der Waals surface area contributed by atoms with Crippen LogP contribution in [0.4, 0.5) is 18.0 Å². The van der Waals surface area contributed by atoms with Gasteiger partial charge in [0.1, 0.15) is 0 Å². The van der Waals surface area contributed by atoms with E-state index in [1.54, 1.807) is 11.8 Å². The van der Waals surface area contributed by atoms with Crippen LogP contribution in [-0.4, -0.2) is 58.0 Å². The largest absolute Gasteiger partial charge is 0.574 e. The molecular weight excluding hydrogens is 451 g/mol. The zero-order valence-corrected chi connectivity index (χ0v) is 18.7. The second-order valence-corrected chi connectivity index (χ2v) is 8.29. The van der Waals surface area contributed by atoms with E-state index >= 15 is 0 Å². The van der Waals surface area contributed by atoms with E-state index in [2.05, 4.69) is 20.1 Å². The molecule has 1 aromatic heterocycles. The number of hydrazone groups is 1.